The van der Waals surface area contributed by atoms with Crippen LogP contribution in [0.3, 0.4) is 0 Å². The van der Waals surface area contributed by atoms with Crippen LogP contribution in [0.1, 0.15) is 19.3 Å². The summed E-state index contributed by atoms with van der Waals surface area (Å²) in [6, 6.07) is -1.63. The second-order valence-electron chi connectivity index (χ2n) is 8.43. The average molecular weight is 549 g/mol. The molecule has 4 rings (SSSR count). The predicted octanol–water partition coefficient (Wildman–Crippen LogP) is -1.31. The summed E-state index contributed by atoms with van der Waals surface area (Å²) in [5.74, 6) is -3.24. The number of hydrogen-bond acceptors (Lipinski definition) is 10. The quantitative estimate of drug-likeness (QED) is 0.217. The van der Waals surface area contributed by atoms with E-state index in [9.17, 15) is 31.2 Å². The molecule has 0 aromatic heterocycles. The van der Waals surface area contributed by atoms with Crippen LogP contribution in [0, 0.1) is 0 Å². The predicted molar refractivity (Wildman–Crippen MR) is 109 cm³/mol. The SMILES string of the molecule is O=C(NOC[C@H]1C[C@H](N2CCOC2)CN1)[C@@H]1CC[C@@H]2CN1C(=O)N2OS(=O)(=O)O.O=C(O)C(F)(F)F. The van der Waals surface area contributed by atoms with Crippen molar-refractivity contribution in [3.8, 4) is 0 Å². The van der Waals surface area contributed by atoms with Gasteiger partial charge in [0.15, 0.2) is 0 Å². The molecule has 3 amide bonds. The highest BCUT2D eigenvalue weighted by Crippen LogP contribution is 2.30. The lowest BCUT2D eigenvalue weighted by Gasteiger charge is -2.29. The van der Waals surface area contributed by atoms with Crippen LogP contribution in [-0.4, -0.2) is 121 Å². The first-order chi connectivity index (χ1) is 16.8. The van der Waals surface area contributed by atoms with Gasteiger partial charge in [-0.2, -0.15) is 26.7 Å². The fraction of sp³-hybridized carbons (Fsp3) is 0.824. The molecule has 2 bridgehead atoms. The number of aliphatic carboxylic acids is 1. The monoisotopic (exact) mass is 549 g/mol. The fourth-order valence-corrected chi connectivity index (χ4v) is 4.69. The maximum atomic E-state index is 12.5. The molecule has 206 valence electrons. The molecule has 0 aromatic carbocycles. The number of fused-ring (bicyclic) bond motifs is 2. The third-order valence-corrected chi connectivity index (χ3v) is 6.34. The van der Waals surface area contributed by atoms with E-state index >= 15 is 0 Å². The molecule has 4 atom stereocenters. The molecule has 4 N–H and O–H groups in total. The topological polar surface area (TPSA) is 187 Å². The number of alkyl halides is 3. The molecule has 0 unspecified atom stereocenters. The standard InChI is InChI=1S/C15H25N5O8S.C2HF3O2/c21-14(17-27-8-10-5-12(6-16-10)18-3-4-26-9-18)13-2-1-11-7-19(13)15(22)20(11)28-29(23,24)25;3-2(4,5)1(6)7/h10-13,16H,1-9H2,(H,17,21)(H,23,24,25);(H,6,7)/t10-,11-,12+,13+;/m1./s1. The Morgan fingerprint density at radius 2 is 1.94 bits per heavy atom. The Bertz CT molecular complexity index is 933. The minimum absolute atomic E-state index is 0.101. The maximum absolute atomic E-state index is 12.5. The van der Waals surface area contributed by atoms with Crippen LogP contribution in [0.25, 0.3) is 0 Å². The Kier molecular flexibility index (Phi) is 8.96. The second kappa shape index (κ2) is 11.4. The van der Waals surface area contributed by atoms with Crippen molar-refractivity contribution in [3.63, 3.8) is 0 Å². The summed E-state index contributed by atoms with van der Waals surface area (Å²) in [5, 5.41) is 11.1. The average Bonchev–Trinajstić information content (AvgIpc) is 3.51. The van der Waals surface area contributed by atoms with Crippen LogP contribution in [0.5, 0.6) is 0 Å². The van der Waals surface area contributed by atoms with Gasteiger partial charge in [-0.25, -0.2) is 15.1 Å². The number of hydroxylamine groups is 3. The number of halogens is 3. The molecule has 4 fully saturated rings. The molecule has 4 aliphatic heterocycles. The third kappa shape index (κ3) is 7.37. The molecule has 0 aromatic rings. The van der Waals surface area contributed by atoms with Gasteiger partial charge >= 0.3 is 28.6 Å². The largest absolute Gasteiger partial charge is 0.490 e. The normalized spacial score (nSPS) is 28.7. The zero-order chi connectivity index (χ0) is 26.7. The van der Waals surface area contributed by atoms with Gasteiger partial charge in [0.2, 0.25) is 0 Å². The summed E-state index contributed by atoms with van der Waals surface area (Å²) in [7, 11) is -4.82. The van der Waals surface area contributed by atoms with Gasteiger partial charge in [0.1, 0.15) is 6.04 Å². The third-order valence-electron chi connectivity index (χ3n) is 5.99. The van der Waals surface area contributed by atoms with Gasteiger partial charge in [-0.05, 0) is 19.3 Å². The van der Waals surface area contributed by atoms with E-state index in [1.54, 1.807) is 0 Å². The van der Waals surface area contributed by atoms with Crippen LogP contribution in [-0.2, 0) is 33.8 Å². The van der Waals surface area contributed by atoms with Crippen molar-refractivity contribution < 1.29 is 59.5 Å². The number of urea groups is 1. The molecule has 36 heavy (non-hydrogen) atoms. The summed E-state index contributed by atoms with van der Waals surface area (Å²) in [5.41, 5.74) is 2.39. The van der Waals surface area contributed by atoms with Crippen molar-refractivity contribution in [3.05, 3.63) is 0 Å². The minimum atomic E-state index is -5.08. The van der Waals surface area contributed by atoms with E-state index in [1.165, 1.54) is 4.90 Å². The Morgan fingerprint density at radius 3 is 2.53 bits per heavy atom. The first kappa shape index (κ1) is 28.3. The molecule has 19 heteroatoms. The summed E-state index contributed by atoms with van der Waals surface area (Å²) >= 11 is 0. The van der Waals surface area contributed by atoms with Crippen LogP contribution in [0.4, 0.5) is 18.0 Å². The van der Waals surface area contributed by atoms with E-state index < -0.39 is 46.6 Å². The second-order valence-corrected chi connectivity index (χ2v) is 9.44. The Hall–Kier alpha value is -2.29. The van der Waals surface area contributed by atoms with Gasteiger partial charge < -0.3 is 20.1 Å². The van der Waals surface area contributed by atoms with Gasteiger partial charge in [0.05, 0.1) is 26.0 Å². The zero-order valence-electron chi connectivity index (χ0n) is 18.7. The molecule has 0 spiro atoms. The number of carboxylic acid groups (broad SMARTS) is 1. The van der Waals surface area contributed by atoms with Gasteiger partial charge in [0.25, 0.3) is 5.91 Å². The number of carboxylic acids is 1. The van der Waals surface area contributed by atoms with E-state index in [-0.39, 0.29) is 19.2 Å². The van der Waals surface area contributed by atoms with E-state index in [0.29, 0.717) is 30.7 Å². The first-order valence-electron chi connectivity index (χ1n) is 10.8. The summed E-state index contributed by atoms with van der Waals surface area (Å²) in [6.45, 7) is 3.57. The lowest BCUT2D eigenvalue weighted by atomic mass is 10.0. The number of amides is 3. The van der Waals surface area contributed by atoms with Crippen molar-refractivity contribution >= 4 is 28.3 Å². The van der Waals surface area contributed by atoms with Gasteiger partial charge in [-0.15, -0.1) is 4.28 Å². The first-order valence-corrected chi connectivity index (χ1v) is 12.2. The van der Waals surface area contributed by atoms with E-state index in [1.807, 2.05) is 0 Å². The molecule has 15 nitrogen and oxygen atoms in total. The van der Waals surface area contributed by atoms with Crippen LogP contribution in [0.2, 0.25) is 0 Å². The Balaban J connectivity index is 0.000000454. The molecular formula is C17H26F3N5O10S. The Morgan fingerprint density at radius 1 is 1.25 bits per heavy atom. The Labute approximate surface area is 203 Å². The number of ether oxygens (including phenoxy) is 1. The van der Waals surface area contributed by atoms with Crippen LogP contribution in [0.15, 0.2) is 0 Å². The van der Waals surface area contributed by atoms with Crippen LogP contribution >= 0.6 is 0 Å². The molecule has 0 saturated carbocycles. The van der Waals surface area contributed by atoms with E-state index in [4.69, 9.17) is 24.0 Å². The zero-order valence-corrected chi connectivity index (χ0v) is 19.5. The summed E-state index contributed by atoms with van der Waals surface area (Å²) in [6.07, 6.45) is -3.51. The number of nitrogens with one attached hydrogen (secondary N) is 2. The summed E-state index contributed by atoms with van der Waals surface area (Å²) in [4.78, 5) is 42.5. The van der Waals surface area contributed by atoms with Crippen molar-refractivity contribution in [2.45, 2.75) is 49.6 Å². The lowest BCUT2D eigenvalue weighted by Crippen LogP contribution is -2.50. The van der Waals surface area contributed by atoms with Gasteiger partial charge in [-0.3, -0.25) is 19.1 Å². The van der Waals surface area contributed by atoms with Crippen molar-refractivity contribution in [1.29, 1.82) is 0 Å². The van der Waals surface area contributed by atoms with E-state index in [0.717, 1.165) is 26.1 Å². The summed E-state index contributed by atoms with van der Waals surface area (Å²) < 4.78 is 72.1. The van der Waals surface area contributed by atoms with Gasteiger partial charge in [-0.1, -0.05) is 0 Å². The number of carbonyl (C=O) groups is 3. The fourth-order valence-electron chi connectivity index (χ4n) is 4.30. The number of rotatable bonds is 7. The molecule has 0 radical (unpaired) electrons. The van der Waals surface area contributed by atoms with Crippen molar-refractivity contribution in [2.24, 2.45) is 0 Å². The highest BCUT2D eigenvalue weighted by Gasteiger charge is 2.49. The number of nitrogens with zero attached hydrogens (tertiary/aromatic N) is 3. The highest BCUT2D eigenvalue weighted by molar-refractivity contribution is 7.80. The molecule has 0 aliphatic carbocycles. The number of carbonyl (C=O) groups excluding carboxylic acids is 2. The molecule has 4 aliphatic rings. The minimum Gasteiger partial charge on any atom is -0.475 e. The van der Waals surface area contributed by atoms with E-state index in [2.05, 4.69) is 20.0 Å². The molecular weight excluding hydrogens is 523 g/mol. The number of hydrogen-bond donors (Lipinski definition) is 4. The van der Waals surface area contributed by atoms with Crippen LogP contribution < -0.4 is 10.8 Å². The molecule has 4 saturated heterocycles. The smallest absolute Gasteiger partial charge is 0.475 e. The van der Waals surface area contributed by atoms with Crippen molar-refractivity contribution in [2.75, 3.05) is 39.6 Å². The lowest BCUT2D eigenvalue weighted by molar-refractivity contribution is -0.192. The van der Waals surface area contributed by atoms with Gasteiger partial charge in [0, 0.05) is 31.7 Å². The molecule has 4 heterocycles. The maximum Gasteiger partial charge on any atom is 0.490 e. The highest BCUT2D eigenvalue weighted by atomic mass is 32.3. The number of piperidine rings is 1. The van der Waals surface area contributed by atoms with Crippen molar-refractivity contribution in [1.82, 2.24) is 25.7 Å².